The summed E-state index contributed by atoms with van der Waals surface area (Å²) in [5.41, 5.74) is 0.900. The highest BCUT2D eigenvalue weighted by atomic mass is 16.2. The molecule has 0 aliphatic carbocycles. The van der Waals surface area contributed by atoms with Crippen molar-refractivity contribution < 1.29 is 24.0 Å². The Morgan fingerprint density at radius 2 is 1.42 bits per heavy atom. The quantitative estimate of drug-likeness (QED) is 0.200. The molecule has 1 aromatic rings. The molecule has 10 nitrogen and oxygen atoms in total. The van der Waals surface area contributed by atoms with Crippen LogP contribution >= 0.6 is 0 Å². The number of amides is 5. The molecule has 0 bridgehead atoms. The van der Waals surface area contributed by atoms with Crippen molar-refractivity contribution in [3.05, 3.63) is 35.9 Å². The Balaban J connectivity index is 2.25. The first-order chi connectivity index (χ1) is 17.3. The SMILES string of the molecule is CCNC(=O)C(Cc1ccccc1)NC(=O)CNC(=O)CNC(=O)CCCCCNC(=O)C(C)CC. The maximum absolute atomic E-state index is 12.3. The van der Waals surface area contributed by atoms with Crippen LogP contribution in [-0.2, 0) is 30.4 Å². The molecule has 0 spiro atoms. The van der Waals surface area contributed by atoms with Crippen LogP contribution in [0.1, 0.15) is 58.4 Å². The molecular formula is C26H41N5O5. The minimum absolute atomic E-state index is 0.00396. The van der Waals surface area contributed by atoms with E-state index in [-0.39, 0.29) is 43.1 Å². The van der Waals surface area contributed by atoms with Crippen LogP contribution in [0.25, 0.3) is 0 Å². The normalized spacial score (nSPS) is 12.1. The maximum atomic E-state index is 12.3. The molecule has 36 heavy (non-hydrogen) atoms. The van der Waals surface area contributed by atoms with Gasteiger partial charge in [-0.25, -0.2) is 0 Å². The standard InChI is InChI=1S/C26H41N5O5/c1-4-19(3)25(35)28-15-11-7-10-14-22(32)29-17-23(33)30-18-24(34)31-21(26(36)27-5-2)16-20-12-8-6-9-13-20/h6,8-9,12-13,19,21H,4-5,7,10-11,14-18H2,1-3H3,(H,27,36)(H,28,35)(H,29,32)(H,30,33)(H,31,34). The molecule has 1 aromatic carbocycles. The van der Waals surface area contributed by atoms with E-state index in [1.54, 1.807) is 6.92 Å². The number of carbonyl (C=O) groups is 5. The van der Waals surface area contributed by atoms with E-state index in [2.05, 4.69) is 26.6 Å². The Labute approximate surface area is 213 Å². The minimum atomic E-state index is -0.764. The van der Waals surface area contributed by atoms with Crippen molar-refractivity contribution in [1.82, 2.24) is 26.6 Å². The summed E-state index contributed by atoms with van der Waals surface area (Å²) in [5.74, 6) is -1.50. The summed E-state index contributed by atoms with van der Waals surface area (Å²) in [7, 11) is 0. The van der Waals surface area contributed by atoms with Gasteiger partial charge in [0.1, 0.15) is 6.04 Å². The molecule has 0 saturated heterocycles. The molecule has 200 valence electrons. The largest absolute Gasteiger partial charge is 0.356 e. The average molecular weight is 504 g/mol. The zero-order valence-electron chi connectivity index (χ0n) is 21.7. The number of benzene rings is 1. The van der Waals surface area contributed by atoms with Crippen molar-refractivity contribution in [3.63, 3.8) is 0 Å². The molecule has 0 aliphatic heterocycles. The van der Waals surface area contributed by atoms with Crippen LogP contribution in [0.3, 0.4) is 0 Å². The fourth-order valence-corrected chi connectivity index (χ4v) is 3.27. The van der Waals surface area contributed by atoms with E-state index in [1.807, 2.05) is 44.2 Å². The lowest BCUT2D eigenvalue weighted by Gasteiger charge is -2.18. The predicted octanol–water partition coefficient (Wildman–Crippen LogP) is 0.805. The van der Waals surface area contributed by atoms with Crippen molar-refractivity contribution >= 4 is 29.5 Å². The molecule has 0 heterocycles. The summed E-state index contributed by atoms with van der Waals surface area (Å²) < 4.78 is 0. The Morgan fingerprint density at radius 1 is 0.750 bits per heavy atom. The van der Waals surface area contributed by atoms with Gasteiger partial charge >= 0.3 is 0 Å². The number of unbranched alkanes of at least 4 members (excludes halogenated alkanes) is 2. The number of hydrogen-bond acceptors (Lipinski definition) is 5. The highest BCUT2D eigenvalue weighted by Gasteiger charge is 2.21. The van der Waals surface area contributed by atoms with Gasteiger partial charge in [0.25, 0.3) is 0 Å². The van der Waals surface area contributed by atoms with Gasteiger partial charge < -0.3 is 26.6 Å². The number of hydrogen-bond donors (Lipinski definition) is 5. The zero-order chi connectivity index (χ0) is 26.8. The maximum Gasteiger partial charge on any atom is 0.242 e. The van der Waals surface area contributed by atoms with Gasteiger partial charge in [-0.2, -0.15) is 0 Å². The van der Waals surface area contributed by atoms with E-state index in [0.29, 0.717) is 25.9 Å². The summed E-state index contributed by atoms with van der Waals surface area (Å²) in [4.78, 5) is 60.2. The molecule has 5 amide bonds. The summed E-state index contributed by atoms with van der Waals surface area (Å²) in [5, 5.41) is 13.2. The van der Waals surface area contributed by atoms with E-state index in [0.717, 1.165) is 24.8 Å². The Morgan fingerprint density at radius 3 is 2.08 bits per heavy atom. The first-order valence-electron chi connectivity index (χ1n) is 12.7. The summed E-state index contributed by atoms with van der Waals surface area (Å²) in [6.45, 7) is 6.13. The summed E-state index contributed by atoms with van der Waals surface area (Å²) >= 11 is 0. The van der Waals surface area contributed by atoms with Gasteiger partial charge in [0.2, 0.25) is 29.5 Å². The van der Waals surface area contributed by atoms with E-state index in [9.17, 15) is 24.0 Å². The Kier molecular flexibility index (Phi) is 15.2. The Bertz CT molecular complexity index is 846. The lowest BCUT2D eigenvalue weighted by atomic mass is 10.1. The first kappa shape index (κ1) is 30.6. The molecule has 0 saturated carbocycles. The molecule has 5 N–H and O–H groups in total. The number of carbonyl (C=O) groups excluding carboxylic acids is 5. The lowest BCUT2D eigenvalue weighted by molar-refractivity contribution is -0.130. The van der Waals surface area contributed by atoms with E-state index in [4.69, 9.17) is 0 Å². The third-order valence-corrected chi connectivity index (χ3v) is 5.62. The van der Waals surface area contributed by atoms with Crippen molar-refractivity contribution in [2.24, 2.45) is 5.92 Å². The van der Waals surface area contributed by atoms with E-state index in [1.165, 1.54) is 0 Å². The molecule has 0 radical (unpaired) electrons. The molecule has 10 heteroatoms. The zero-order valence-corrected chi connectivity index (χ0v) is 21.7. The van der Waals surface area contributed by atoms with Gasteiger partial charge in [-0.1, -0.05) is 50.6 Å². The van der Waals surface area contributed by atoms with Crippen molar-refractivity contribution in [3.8, 4) is 0 Å². The lowest BCUT2D eigenvalue weighted by Crippen LogP contribution is -2.51. The minimum Gasteiger partial charge on any atom is -0.356 e. The van der Waals surface area contributed by atoms with E-state index >= 15 is 0 Å². The number of likely N-dealkylation sites (N-methyl/N-ethyl adjacent to an activating group) is 1. The average Bonchev–Trinajstić information content (AvgIpc) is 2.87. The topological polar surface area (TPSA) is 146 Å². The van der Waals surface area contributed by atoms with Crippen molar-refractivity contribution in [2.75, 3.05) is 26.2 Å². The highest BCUT2D eigenvalue weighted by molar-refractivity contribution is 5.91. The van der Waals surface area contributed by atoms with Crippen LogP contribution < -0.4 is 26.6 Å². The van der Waals surface area contributed by atoms with Gasteiger partial charge in [-0.15, -0.1) is 0 Å². The molecule has 1 rings (SSSR count). The van der Waals surface area contributed by atoms with Crippen LogP contribution in [0.4, 0.5) is 0 Å². The van der Waals surface area contributed by atoms with Gasteiger partial charge in [0.05, 0.1) is 13.1 Å². The molecule has 0 fully saturated rings. The van der Waals surface area contributed by atoms with Crippen LogP contribution in [0.2, 0.25) is 0 Å². The highest BCUT2D eigenvalue weighted by Crippen LogP contribution is 2.04. The summed E-state index contributed by atoms with van der Waals surface area (Å²) in [6, 6.07) is 8.56. The van der Waals surface area contributed by atoms with Crippen molar-refractivity contribution in [1.29, 1.82) is 0 Å². The fourth-order valence-electron chi connectivity index (χ4n) is 3.27. The molecule has 0 aliphatic rings. The second-order valence-corrected chi connectivity index (χ2v) is 8.67. The smallest absolute Gasteiger partial charge is 0.242 e. The first-order valence-corrected chi connectivity index (χ1v) is 12.7. The fraction of sp³-hybridized carbons (Fsp3) is 0.577. The molecule has 0 aromatic heterocycles. The molecule has 2 unspecified atom stereocenters. The van der Waals surface area contributed by atoms with Gasteiger partial charge in [0.15, 0.2) is 0 Å². The van der Waals surface area contributed by atoms with Crippen LogP contribution in [0, 0.1) is 5.92 Å². The van der Waals surface area contributed by atoms with Crippen LogP contribution in [-0.4, -0.2) is 61.8 Å². The van der Waals surface area contributed by atoms with Gasteiger partial charge in [0, 0.05) is 31.8 Å². The third-order valence-electron chi connectivity index (χ3n) is 5.62. The van der Waals surface area contributed by atoms with Crippen LogP contribution in [0.15, 0.2) is 30.3 Å². The predicted molar refractivity (Wildman–Crippen MR) is 138 cm³/mol. The van der Waals surface area contributed by atoms with Gasteiger partial charge in [-0.05, 0) is 31.7 Å². The van der Waals surface area contributed by atoms with E-state index < -0.39 is 17.9 Å². The second kappa shape index (κ2) is 17.9. The van der Waals surface area contributed by atoms with Crippen molar-refractivity contribution in [2.45, 2.75) is 65.3 Å². The molecular weight excluding hydrogens is 462 g/mol. The monoisotopic (exact) mass is 503 g/mol. The van der Waals surface area contributed by atoms with Gasteiger partial charge in [-0.3, -0.25) is 24.0 Å². The third kappa shape index (κ3) is 13.5. The number of nitrogens with one attached hydrogen (secondary N) is 5. The van der Waals surface area contributed by atoms with Crippen LogP contribution in [0.5, 0.6) is 0 Å². The number of rotatable bonds is 17. The Hall–Kier alpha value is -3.43. The second-order valence-electron chi connectivity index (χ2n) is 8.67. The molecule has 2 atom stereocenters. The summed E-state index contributed by atoms with van der Waals surface area (Å²) in [6.07, 6.45) is 3.63.